The molecule has 1 heteroatoms. The number of hydrogen-bond acceptors (Lipinski definition) is 1. The van der Waals surface area contributed by atoms with Crippen molar-refractivity contribution in [2.45, 2.75) is 6.92 Å². The SMILES string of the molecule is [CH2]O/C=C\C. The van der Waals surface area contributed by atoms with E-state index in [-0.39, 0.29) is 0 Å². The molecule has 1 radical (unpaired) electrons. The Kier molecular flexibility index (Phi) is 3.21. The summed E-state index contributed by atoms with van der Waals surface area (Å²) in [6.07, 6.45) is 3.28. The van der Waals surface area contributed by atoms with Crippen molar-refractivity contribution >= 4 is 0 Å². The fourth-order valence-electron chi connectivity index (χ4n) is 0.0962. The molecule has 0 aliphatic carbocycles. The fraction of sp³-hybridized carbons (Fsp3) is 0.250. The van der Waals surface area contributed by atoms with Gasteiger partial charge in [0.05, 0.1) is 6.26 Å². The van der Waals surface area contributed by atoms with Gasteiger partial charge in [-0.15, -0.1) is 0 Å². The van der Waals surface area contributed by atoms with Crippen LogP contribution in [0, 0.1) is 7.11 Å². The molecule has 0 saturated carbocycles. The van der Waals surface area contributed by atoms with Gasteiger partial charge in [0.1, 0.15) is 7.11 Å². The molecule has 0 fully saturated rings. The molecule has 0 saturated heterocycles. The van der Waals surface area contributed by atoms with Crippen LogP contribution in [0.15, 0.2) is 12.3 Å². The largest absolute Gasteiger partial charge is 0.498 e. The van der Waals surface area contributed by atoms with Crippen molar-refractivity contribution in [3.05, 3.63) is 19.4 Å². The lowest BCUT2D eigenvalue weighted by Gasteiger charge is -1.75. The summed E-state index contributed by atoms with van der Waals surface area (Å²) in [4.78, 5) is 0. The van der Waals surface area contributed by atoms with Crippen molar-refractivity contribution in [1.82, 2.24) is 0 Å². The molecule has 0 aromatic carbocycles. The van der Waals surface area contributed by atoms with Crippen molar-refractivity contribution in [3.63, 3.8) is 0 Å². The van der Waals surface area contributed by atoms with Crippen LogP contribution in [-0.2, 0) is 4.74 Å². The quantitative estimate of drug-likeness (QED) is 0.424. The van der Waals surface area contributed by atoms with Crippen molar-refractivity contribution < 1.29 is 4.74 Å². The third kappa shape index (κ3) is 3.54. The van der Waals surface area contributed by atoms with Crippen molar-refractivity contribution in [1.29, 1.82) is 0 Å². The van der Waals surface area contributed by atoms with Gasteiger partial charge in [0.2, 0.25) is 0 Å². The van der Waals surface area contributed by atoms with E-state index >= 15 is 0 Å². The molecule has 0 N–H and O–H groups in total. The zero-order valence-electron chi connectivity index (χ0n) is 3.27. The van der Waals surface area contributed by atoms with Crippen LogP contribution < -0.4 is 0 Å². The van der Waals surface area contributed by atoms with Gasteiger partial charge in [0.15, 0.2) is 0 Å². The molecule has 29 valence electrons. The van der Waals surface area contributed by atoms with E-state index in [4.69, 9.17) is 0 Å². The summed E-state index contributed by atoms with van der Waals surface area (Å²) in [6.45, 7) is 1.87. The zero-order chi connectivity index (χ0) is 4.12. The van der Waals surface area contributed by atoms with Gasteiger partial charge in [-0.1, -0.05) is 6.08 Å². The molecule has 0 aromatic rings. The predicted octanol–water partition coefficient (Wildman–Crippen LogP) is 1.33. The maximum absolute atomic E-state index is 4.26. The number of ether oxygens (including phenoxy) is 1. The smallest absolute Gasteiger partial charge is 0.121 e. The second-order valence-electron chi connectivity index (χ2n) is 0.636. The minimum Gasteiger partial charge on any atom is -0.498 e. The van der Waals surface area contributed by atoms with Gasteiger partial charge >= 0.3 is 0 Å². The van der Waals surface area contributed by atoms with Crippen LogP contribution >= 0.6 is 0 Å². The van der Waals surface area contributed by atoms with Gasteiger partial charge in [-0.3, -0.25) is 0 Å². The van der Waals surface area contributed by atoms with E-state index in [1.54, 1.807) is 6.08 Å². The second kappa shape index (κ2) is 3.54. The third-order valence-electron chi connectivity index (χ3n) is 0.232. The maximum Gasteiger partial charge on any atom is 0.121 e. The Labute approximate surface area is 32.3 Å². The first-order valence-corrected chi connectivity index (χ1v) is 1.44. The molecule has 1 nitrogen and oxygen atoms in total. The average molecular weight is 71.1 g/mol. The highest BCUT2D eigenvalue weighted by molar-refractivity contribution is 4.64. The van der Waals surface area contributed by atoms with E-state index in [1.807, 2.05) is 6.92 Å². The van der Waals surface area contributed by atoms with Crippen molar-refractivity contribution in [2.24, 2.45) is 0 Å². The molecule has 0 amide bonds. The first-order chi connectivity index (χ1) is 2.41. The van der Waals surface area contributed by atoms with Gasteiger partial charge in [0, 0.05) is 0 Å². The number of allylic oxidation sites excluding steroid dienone is 1. The van der Waals surface area contributed by atoms with Crippen LogP contribution in [0.25, 0.3) is 0 Å². The third-order valence-corrected chi connectivity index (χ3v) is 0.232. The topological polar surface area (TPSA) is 9.23 Å². The van der Waals surface area contributed by atoms with E-state index in [9.17, 15) is 0 Å². The Bertz CT molecular complexity index is 30.6. The van der Waals surface area contributed by atoms with Gasteiger partial charge in [-0.25, -0.2) is 0 Å². The maximum atomic E-state index is 4.26. The molecule has 0 rings (SSSR count). The fourth-order valence-corrected chi connectivity index (χ4v) is 0.0962. The van der Waals surface area contributed by atoms with Crippen LogP contribution in [0.2, 0.25) is 0 Å². The molecule has 0 atom stereocenters. The van der Waals surface area contributed by atoms with E-state index in [2.05, 4.69) is 11.8 Å². The predicted molar refractivity (Wildman–Crippen MR) is 21.3 cm³/mol. The molecule has 0 heterocycles. The lowest BCUT2D eigenvalue weighted by atomic mass is 10.7. The summed E-state index contributed by atoms with van der Waals surface area (Å²) in [6, 6.07) is 0. The summed E-state index contributed by atoms with van der Waals surface area (Å²) in [7, 11) is 3.09. The Morgan fingerprint density at radius 1 is 1.80 bits per heavy atom. The van der Waals surface area contributed by atoms with Crippen LogP contribution in [0.3, 0.4) is 0 Å². The van der Waals surface area contributed by atoms with Gasteiger partial charge in [0.25, 0.3) is 0 Å². The lowest BCUT2D eigenvalue weighted by Crippen LogP contribution is -1.52. The molecule has 0 aliphatic heterocycles. The minimum absolute atomic E-state index is 1.51. The summed E-state index contributed by atoms with van der Waals surface area (Å²) in [5.41, 5.74) is 0. The molecule has 0 bridgehead atoms. The number of hydrogen-bond donors (Lipinski definition) is 0. The van der Waals surface area contributed by atoms with E-state index in [0.29, 0.717) is 0 Å². The van der Waals surface area contributed by atoms with Crippen LogP contribution in [0.5, 0.6) is 0 Å². The first-order valence-electron chi connectivity index (χ1n) is 1.44. The van der Waals surface area contributed by atoms with Crippen LogP contribution in [-0.4, -0.2) is 0 Å². The minimum atomic E-state index is 1.51. The monoisotopic (exact) mass is 71.0 g/mol. The molecule has 0 unspecified atom stereocenters. The Morgan fingerprint density at radius 2 is 2.40 bits per heavy atom. The van der Waals surface area contributed by atoms with Crippen LogP contribution in [0.1, 0.15) is 6.92 Å². The van der Waals surface area contributed by atoms with Crippen molar-refractivity contribution in [3.8, 4) is 0 Å². The number of rotatable bonds is 1. The zero-order valence-corrected chi connectivity index (χ0v) is 3.27. The molecule has 0 spiro atoms. The Hall–Kier alpha value is -0.460. The van der Waals surface area contributed by atoms with E-state index < -0.39 is 0 Å². The summed E-state index contributed by atoms with van der Waals surface area (Å²) >= 11 is 0. The lowest BCUT2D eigenvalue weighted by molar-refractivity contribution is 0.393. The summed E-state index contributed by atoms with van der Waals surface area (Å²) in [5.74, 6) is 0. The standard InChI is InChI=1S/C4H7O/c1-3-4-5-2/h3-4H,2H2,1H3/b4-3-. The molecular weight excluding hydrogens is 64.0 g/mol. The normalized spacial score (nSPS) is 9.20. The highest BCUT2D eigenvalue weighted by Gasteiger charge is 1.47. The average Bonchev–Trinajstić information content (AvgIpc) is 1.41. The summed E-state index contributed by atoms with van der Waals surface area (Å²) < 4.78 is 4.26. The molecular formula is C4H7O. The van der Waals surface area contributed by atoms with E-state index in [1.165, 1.54) is 6.26 Å². The van der Waals surface area contributed by atoms with Crippen LogP contribution in [0.4, 0.5) is 0 Å². The highest BCUT2D eigenvalue weighted by Crippen LogP contribution is 1.66. The second-order valence-corrected chi connectivity index (χ2v) is 0.636. The van der Waals surface area contributed by atoms with Crippen molar-refractivity contribution in [2.75, 3.05) is 0 Å². The first kappa shape index (κ1) is 4.54. The van der Waals surface area contributed by atoms with E-state index in [0.717, 1.165) is 0 Å². The summed E-state index contributed by atoms with van der Waals surface area (Å²) in [5, 5.41) is 0. The van der Waals surface area contributed by atoms with Gasteiger partial charge < -0.3 is 4.74 Å². The molecule has 0 aromatic heterocycles. The highest BCUT2D eigenvalue weighted by atomic mass is 16.5. The van der Waals surface area contributed by atoms with Gasteiger partial charge in [-0.05, 0) is 6.92 Å². The molecule has 0 aliphatic rings. The molecule has 5 heavy (non-hydrogen) atoms. The van der Waals surface area contributed by atoms with Gasteiger partial charge in [-0.2, -0.15) is 0 Å². The Morgan fingerprint density at radius 3 is 2.40 bits per heavy atom. The Balaban J connectivity index is 2.62.